The van der Waals surface area contributed by atoms with E-state index in [0.29, 0.717) is 35.1 Å². The van der Waals surface area contributed by atoms with E-state index in [1.807, 2.05) is 42.5 Å². The predicted molar refractivity (Wildman–Crippen MR) is 139 cm³/mol. The van der Waals surface area contributed by atoms with E-state index in [1.54, 1.807) is 49.5 Å². The Hall–Kier alpha value is -3.55. The zero-order valence-electron chi connectivity index (χ0n) is 20.4. The van der Waals surface area contributed by atoms with Crippen molar-refractivity contribution in [3.63, 3.8) is 0 Å². The van der Waals surface area contributed by atoms with Crippen LogP contribution in [0.15, 0.2) is 72.8 Å². The van der Waals surface area contributed by atoms with Gasteiger partial charge in [-0.3, -0.25) is 9.59 Å². The Bertz CT molecular complexity index is 1140. The molecule has 0 fully saturated rings. The van der Waals surface area contributed by atoms with Gasteiger partial charge in [-0.2, -0.15) is 0 Å². The van der Waals surface area contributed by atoms with Crippen molar-refractivity contribution in [1.82, 2.24) is 10.2 Å². The first-order valence-electron chi connectivity index (χ1n) is 11.6. The predicted octanol–water partition coefficient (Wildman–Crippen LogP) is 4.17. The van der Waals surface area contributed by atoms with E-state index in [1.165, 1.54) is 0 Å². The van der Waals surface area contributed by atoms with E-state index >= 15 is 0 Å². The topological polar surface area (TPSA) is 88.1 Å². The lowest BCUT2D eigenvalue weighted by atomic mass is 10.0. The van der Waals surface area contributed by atoms with Crippen molar-refractivity contribution in [3.8, 4) is 11.5 Å². The van der Waals surface area contributed by atoms with Gasteiger partial charge in [0, 0.05) is 24.7 Å². The summed E-state index contributed by atoms with van der Waals surface area (Å²) in [7, 11) is 3.09. The molecular formula is C28H31ClN2O5. The number of nitrogens with zero attached hydrogens (tertiary/aromatic N) is 1. The summed E-state index contributed by atoms with van der Waals surface area (Å²) >= 11 is 6.06. The van der Waals surface area contributed by atoms with Crippen molar-refractivity contribution in [1.29, 1.82) is 0 Å². The molecule has 0 heterocycles. The lowest BCUT2D eigenvalue weighted by Gasteiger charge is -2.32. The molecule has 2 amide bonds. The first kappa shape index (κ1) is 27.0. The summed E-state index contributed by atoms with van der Waals surface area (Å²) in [5.74, 6) is 0.540. The van der Waals surface area contributed by atoms with Gasteiger partial charge >= 0.3 is 0 Å². The standard InChI is InChI=1S/C28H31ClN2O5/c1-35-24-14-11-21(17-25(24)36-2)18-26(33)31(19-20-9-12-23(29)13-10-20)27(22-7-4-3-5-8-22)28(34)30-15-6-16-32/h3-5,7-14,17,27,32H,6,15-16,18-19H2,1-2H3,(H,30,34). The summed E-state index contributed by atoms with van der Waals surface area (Å²) in [6.07, 6.45) is 0.477. The van der Waals surface area contributed by atoms with Gasteiger partial charge in [0.05, 0.1) is 20.6 Å². The fraction of sp³-hybridized carbons (Fsp3) is 0.286. The molecule has 3 rings (SSSR count). The molecule has 7 nitrogen and oxygen atoms in total. The molecule has 8 heteroatoms. The van der Waals surface area contributed by atoms with Crippen molar-refractivity contribution >= 4 is 23.4 Å². The zero-order valence-corrected chi connectivity index (χ0v) is 21.2. The van der Waals surface area contributed by atoms with Gasteiger partial charge in [0.2, 0.25) is 11.8 Å². The molecule has 2 N–H and O–H groups in total. The van der Waals surface area contributed by atoms with Crippen LogP contribution < -0.4 is 14.8 Å². The molecule has 190 valence electrons. The summed E-state index contributed by atoms with van der Waals surface area (Å²) in [4.78, 5) is 28.8. The molecule has 1 atom stereocenters. The van der Waals surface area contributed by atoms with Crippen LogP contribution in [0.25, 0.3) is 0 Å². The van der Waals surface area contributed by atoms with Gasteiger partial charge in [-0.15, -0.1) is 0 Å². The molecule has 1 unspecified atom stereocenters. The number of carbonyl (C=O) groups excluding carboxylic acids is 2. The van der Waals surface area contributed by atoms with E-state index in [-0.39, 0.29) is 31.4 Å². The van der Waals surface area contributed by atoms with Gasteiger partial charge in [0.1, 0.15) is 6.04 Å². The van der Waals surface area contributed by atoms with Crippen molar-refractivity contribution in [2.24, 2.45) is 0 Å². The molecule has 0 aromatic heterocycles. The number of aliphatic hydroxyl groups is 1. The maximum Gasteiger partial charge on any atom is 0.247 e. The van der Waals surface area contributed by atoms with Crippen molar-refractivity contribution in [2.75, 3.05) is 27.4 Å². The minimum Gasteiger partial charge on any atom is -0.493 e. The SMILES string of the molecule is COc1ccc(CC(=O)N(Cc2ccc(Cl)cc2)C(C(=O)NCCCO)c2ccccc2)cc1OC. The molecule has 0 spiro atoms. The number of ether oxygens (including phenoxy) is 2. The molecule has 3 aromatic rings. The average Bonchev–Trinajstić information content (AvgIpc) is 2.90. The number of hydrogen-bond donors (Lipinski definition) is 2. The Labute approximate surface area is 216 Å². The highest BCUT2D eigenvalue weighted by molar-refractivity contribution is 6.30. The Morgan fingerprint density at radius 2 is 1.61 bits per heavy atom. The highest BCUT2D eigenvalue weighted by atomic mass is 35.5. The smallest absolute Gasteiger partial charge is 0.247 e. The van der Waals surface area contributed by atoms with Crippen LogP contribution in [0.5, 0.6) is 11.5 Å². The molecule has 0 aliphatic carbocycles. The van der Waals surface area contributed by atoms with E-state index in [9.17, 15) is 9.59 Å². The first-order chi connectivity index (χ1) is 17.5. The molecule has 3 aromatic carbocycles. The number of rotatable bonds is 12. The second kappa shape index (κ2) is 13.5. The van der Waals surface area contributed by atoms with Gasteiger partial charge in [-0.1, -0.05) is 60.1 Å². The number of amides is 2. The number of carbonyl (C=O) groups is 2. The summed E-state index contributed by atoms with van der Waals surface area (Å²) in [5.41, 5.74) is 2.25. The number of nitrogens with one attached hydrogen (secondary N) is 1. The highest BCUT2D eigenvalue weighted by Gasteiger charge is 2.31. The largest absolute Gasteiger partial charge is 0.493 e. The van der Waals surface area contributed by atoms with Crippen molar-refractivity contribution in [2.45, 2.75) is 25.4 Å². The second-order valence-corrected chi connectivity index (χ2v) is 8.63. The van der Waals surface area contributed by atoms with Crippen LogP contribution in [-0.2, 0) is 22.6 Å². The van der Waals surface area contributed by atoms with Crippen LogP contribution in [0.4, 0.5) is 0 Å². The zero-order chi connectivity index (χ0) is 25.9. The number of benzene rings is 3. The Kier molecular flexibility index (Phi) is 10.2. The van der Waals surface area contributed by atoms with Crippen LogP contribution >= 0.6 is 11.6 Å². The molecule has 0 bridgehead atoms. The lowest BCUT2D eigenvalue weighted by Crippen LogP contribution is -2.44. The molecule has 0 aliphatic heterocycles. The third-order valence-corrected chi connectivity index (χ3v) is 5.95. The number of aliphatic hydroxyl groups excluding tert-OH is 1. The Balaban J connectivity index is 1.98. The van der Waals surface area contributed by atoms with Crippen LogP contribution in [0, 0.1) is 0 Å². The molecule has 36 heavy (non-hydrogen) atoms. The van der Waals surface area contributed by atoms with Crippen LogP contribution in [-0.4, -0.2) is 49.2 Å². The van der Waals surface area contributed by atoms with Gasteiger partial charge in [0.15, 0.2) is 11.5 Å². The summed E-state index contributed by atoms with van der Waals surface area (Å²) < 4.78 is 10.7. The van der Waals surface area contributed by atoms with E-state index in [4.69, 9.17) is 26.2 Å². The minimum atomic E-state index is -0.867. The van der Waals surface area contributed by atoms with Crippen molar-refractivity contribution in [3.05, 3.63) is 94.5 Å². The third kappa shape index (κ3) is 7.23. The fourth-order valence-corrected chi connectivity index (χ4v) is 4.00. The number of methoxy groups -OCH3 is 2. The van der Waals surface area contributed by atoms with Crippen LogP contribution in [0.2, 0.25) is 5.02 Å². The van der Waals surface area contributed by atoms with Gasteiger partial charge in [-0.05, 0) is 47.4 Å². The molecule has 0 saturated carbocycles. The van der Waals surface area contributed by atoms with Crippen LogP contribution in [0.3, 0.4) is 0 Å². The molecule has 0 saturated heterocycles. The monoisotopic (exact) mass is 510 g/mol. The van der Waals surface area contributed by atoms with Gasteiger partial charge < -0.3 is 24.8 Å². The fourth-order valence-electron chi connectivity index (χ4n) is 3.87. The summed E-state index contributed by atoms with van der Waals surface area (Å²) in [5, 5.41) is 12.6. The maximum atomic E-state index is 13.8. The summed E-state index contributed by atoms with van der Waals surface area (Å²) in [6.45, 7) is 0.469. The average molecular weight is 511 g/mol. The maximum absolute atomic E-state index is 13.8. The minimum absolute atomic E-state index is 0.0387. The quantitative estimate of drug-likeness (QED) is 0.357. The van der Waals surface area contributed by atoms with Crippen LogP contribution in [0.1, 0.15) is 29.2 Å². The second-order valence-electron chi connectivity index (χ2n) is 8.20. The molecule has 0 aliphatic rings. The molecule has 0 radical (unpaired) electrons. The normalized spacial score (nSPS) is 11.4. The number of hydrogen-bond acceptors (Lipinski definition) is 5. The Morgan fingerprint density at radius 1 is 0.944 bits per heavy atom. The summed E-state index contributed by atoms with van der Waals surface area (Å²) in [6, 6.07) is 20.8. The van der Waals surface area contributed by atoms with E-state index < -0.39 is 6.04 Å². The van der Waals surface area contributed by atoms with E-state index in [0.717, 1.165) is 11.1 Å². The lowest BCUT2D eigenvalue weighted by molar-refractivity contribution is -0.141. The first-order valence-corrected chi connectivity index (χ1v) is 12.0. The molecular weight excluding hydrogens is 480 g/mol. The van der Waals surface area contributed by atoms with E-state index in [2.05, 4.69) is 5.32 Å². The Morgan fingerprint density at radius 3 is 2.25 bits per heavy atom. The highest BCUT2D eigenvalue weighted by Crippen LogP contribution is 2.29. The van der Waals surface area contributed by atoms with Crippen molar-refractivity contribution < 1.29 is 24.2 Å². The third-order valence-electron chi connectivity index (χ3n) is 5.70. The van der Waals surface area contributed by atoms with Gasteiger partial charge in [-0.25, -0.2) is 0 Å². The van der Waals surface area contributed by atoms with Gasteiger partial charge in [0.25, 0.3) is 0 Å². The number of halogens is 1.